The highest BCUT2D eigenvalue weighted by Gasteiger charge is 2.21. The van der Waals surface area contributed by atoms with E-state index in [0.717, 1.165) is 34.1 Å². The van der Waals surface area contributed by atoms with Gasteiger partial charge in [0.2, 0.25) is 5.95 Å². The molecule has 6 nitrogen and oxygen atoms in total. The molecule has 3 aromatic heterocycles. The molecule has 8 heteroatoms. The van der Waals surface area contributed by atoms with Gasteiger partial charge in [0.25, 0.3) is 0 Å². The summed E-state index contributed by atoms with van der Waals surface area (Å²) in [5.74, 6) is -0.859. The van der Waals surface area contributed by atoms with E-state index < -0.39 is 11.8 Å². The summed E-state index contributed by atoms with van der Waals surface area (Å²) in [4.78, 5) is 15.3. The average molecular weight is 408 g/mol. The first kappa shape index (κ1) is 18.9. The largest absolute Gasteiger partial charge is 0.368 e. The molecule has 1 saturated heterocycles. The van der Waals surface area contributed by atoms with Crippen LogP contribution in [0.5, 0.6) is 0 Å². The molecule has 0 unspecified atom stereocenters. The third-order valence-electron chi connectivity index (χ3n) is 5.52. The maximum atomic E-state index is 14.4. The molecule has 0 spiro atoms. The summed E-state index contributed by atoms with van der Waals surface area (Å²) in [5, 5.41) is 4.44. The summed E-state index contributed by atoms with van der Waals surface area (Å²) in [6, 6.07) is 8.20. The van der Waals surface area contributed by atoms with Crippen molar-refractivity contribution in [3.63, 3.8) is 0 Å². The number of nitrogens with zero attached hydrogens (tertiary/aromatic N) is 5. The minimum Gasteiger partial charge on any atom is -0.368 e. The lowest BCUT2D eigenvalue weighted by atomic mass is 10.1. The number of hydrogen-bond donors (Lipinski definition) is 1. The third kappa shape index (κ3) is 3.17. The van der Waals surface area contributed by atoms with Gasteiger partial charge < -0.3 is 10.2 Å². The number of piperazine rings is 1. The summed E-state index contributed by atoms with van der Waals surface area (Å²) >= 11 is 0. The highest BCUT2D eigenvalue weighted by atomic mass is 19.1. The number of rotatable bonds is 2. The Bertz CT molecular complexity index is 1260. The van der Waals surface area contributed by atoms with Crippen LogP contribution in [0.3, 0.4) is 0 Å². The van der Waals surface area contributed by atoms with Gasteiger partial charge in [-0.05, 0) is 45.0 Å². The molecule has 0 saturated carbocycles. The van der Waals surface area contributed by atoms with E-state index in [9.17, 15) is 8.78 Å². The Morgan fingerprint density at radius 3 is 2.60 bits per heavy atom. The quantitative estimate of drug-likeness (QED) is 0.548. The number of aryl methyl sites for hydroxylation is 1. The summed E-state index contributed by atoms with van der Waals surface area (Å²) in [6.07, 6.45) is 3.21. The second-order valence-corrected chi connectivity index (χ2v) is 8.07. The molecule has 154 valence electrons. The van der Waals surface area contributed by atoms with E-state index in [4.69, 9.17) is 0 Å². The van der Waals surface area contributed by atoms with Crippen molar-refractivity contribution in [1.29, 1.82) is 0 Å². The lowest BCUT2D eigenvalue weighted by Gasteiger charge is -2.37. The van der Waals surface area contributed by atoms with Crippen LogP contribution in [0.15, 0.2) is 36.7 Å². The number of hydrogen-bond acceptors (Lipinski definition) is 5. The summed E-state index contributed by atoms with van der Waals surface area (Å²) < 4.78 is 29.8. The van der Waals surface area contributed by atoms with Crippen LogP contribution in [0.2, 0.25) is 0 Å². The molecule has 1 aliphatic heterocycles. The number of halogens is 2. The van der Waals surface area contributed by atoms with Crippen LogP contribution in [-0.2, 0) is 0 Å². The number of nitrogens with one attached hydrogen (secondary N) is 1. The van der Waals surface area contributed by atoms with Gasteiger partial charge in [-0.3, -0.25) is 4.40 Å². The Morgan fingerprint density at radius 1 is 1.07 bits per heavy atom. The van der Waals surface area contributed by atoms with E-state index in [-0.39, 0.29) is 11.3 Å². The molecule has 0 radical (unpaired) electrons. The molecule has 2 atom stereocenters. The Morgan fingerprint density at radius 2 is 1.83 bits per heavy atom. The molecule has 30 heavy (non-hydrogen) atoms. The normalized spacial score (nSPS) is 19.7. The smallest absolute Gasteiger partial charge is 0.220 e. The first-order chi connectivity index (χ1) is 14.4. The minimum absolute atomic E-state index is 0.0429. The molecule has 4 heterocycles. The number of imidazole rings is 1. The zero-order valence-electron chi connectivity index (χ0n) is 17.0. The van der Waals surface area contributed by atoms with Crippen LogP contribution in [0.25, 0.3) is 27.9 Å². The fraction of sp³-hybridized carbons (Fsp3) is 0.318. The fourth-order valence-corrected chi connectivity index (χ4v) is 4.21. The van der Waals surface area contributed by atoms with E-state index in [0.29, 0.717) is 23.5 Å². The monoisotopic (exact) mass is 408 g/mol. The van der Waals surface area contributed by atoms with Crippen molar-refractivity contribution in [2.75, 3.05) is 18.0 Å². The molecule has 1 aromatic carbocycles. The van der Waals surface area contributed by atoms with Crippen LogP contribution in [0, 0.1) is 18.7 Å². The van der Waals surface area contributed by atoms with Crippen LogP contribution in [0.4, 0.5) is 14.5 Å². The number of fused-ring (bicyclic) bond motifs is 2. The van der Waals surface area contributed by atoms with E-state index in [1.807, 2.05) is 12.1 Å². The second-order valence-electron chi connectivity index (χ2n) is 8.07. The van der Waals surface area contributed by atoms with E-state index in [1.165, 1.54) is 19.2 Å². The standard InChI is InChI=1S/C22H22F2N6/c1-12-9-29(10-13(2)26-12)17-4-5-19-15(6-17)8-25-21(28-19)16-7-18(23)22-27-14(3)20(24)30(22)11-16/h4-8,11-13,26H,9-10H2,1-3H3/t12-,13-/m1/s1. The molecule has 0 bridgehead atoms. The van der Waals surface area contributed by atoms with Crippen LogP contribution < -0.4 is 10.2 Å². The number of anilines is 1. The summed E-state index contributed by atoms with van der Waals surface area (Å²) in [6.45, 7) is 7.73. The van der Waals surface area contributed by atoms with Gasteiger partial charge in [0.15, 0.2) is 17.3 Å². The SMILES string of the molecule is Cc1nc2c(F)cc(-c3ncc4cc(N5C[C@@H](C)N[C@H](C)C5)ccc4n3)cn2c1F. The molecular formula is C22H22F2N6. The van der Waals surface area contributed by atoms with Crippen molar-refractivity contribution >= 4 is 22.2 Å². The Labute approximate surface area is 172 Å². The highest BCUT2D eigenvalue weighted by molar-refractivity contribution is 5.83. The molecular weight excluding hydrogens is 386 g/mol. The number of pyridine rings is 1. The van der Waals surface area contributed by atoms with Gasteiger partial charge >= 0.3 is 0 Å². The highest BCUT2D eigenvalue weighted by Crippen LogP contribution is 2.26. The van der Waals surface area contributed by atoms with Gasteiger partial charge in [0.1, 0.15) is 0 Å². The van der Waals surface area contributed by atoms with Crippen molar-refractivity contribution in [1.82, 2.24) is 24.7 Å². The second kappa shape index (κ2) is 6.98. The van der Waals surface area contributed by atoms with Gasteiger partial charge in [-0.25, -0.2) is 19.3 Å². The van der Waals surface area contributed by atoms with Gasteiger partial charge in [-0.15, -0.1) is 0 Å². The van der Waals surface area contributed by atoms with Crippen LogP contribution in [0.1, 0.15) is 19.5 Å². The number of benzene rings is 1. The number of aromatic nitrogens is 4. The lowest BCUT2D eigenvalue weighted by molar-refractivity contribution is 0.407. The van der Waals surface area contributed by atoms with Crippen LogP contribution in [-0.4, -0.2) is 44.5 Å². The summed E-state index contributed by atoms with van der Waals surface area (Å²) in [7, 11) is 0. The molecule has 1 fully saturated rings. The van der Waals surface area contributed by atoms with Gasteiger partial charge in [-0.1, -0.05) is 0 Å². The average Bonchev–Trinajstić information content (AvgIpc) is 3.01. The third-order valence-corrected chi connectivity index (χ3v) is 5.52. The van der Waals surface area contributed by atoms with Crippen molar-refractivity contribution in [3.05, 3.63) is 54.1 Å². The lowest BCUT2D eigenvalue weighted by Crippen LogP contribution is -2.54. The van der Waals surface area contributed by atoms with Gasteiger partial charge in [-0.2, -0.15) is 4.39 Å². The first-order valence-corrected chi connectivity index (χ1v) is 10.0. The van der Waals surface area contributed by atoms with Crippen molar-refractivity contribution in [2.24, 2.45) is 0 Å². The molecule has 1 N–H and O–H groups in total. The molecule has 4 aromatic rings. The topological polar surface area (TPSA) is 58.4 Å². The summed E-state index contributed by atoms with van der Waals surface area (Å²) in [5.41, 5.74) is 2.38. The molecule has 5 rings (SSSR count). The predicted octanol–water partition coefficient (Wildman–Crippen LogP) is 3.72. The molecule has 0 amide bonds. The van der Waals surface area contributed by atoms with Gasteiger partial charge in [0, 0.05) is 54.2 Å². The first-order valence-electron chi connectivity index (χ1n) is 10.0. The fourth-order valence-electron chi connectivity index (χ4n) is 4.21. The van der Waals surface area contributed by atoms with Gasteiger partial charge in [0.05, 0.1) is 11.2 Å². The van der Waals surface area contributed by atoms with Crippen molar-refractivity contribution in [3.8, 4) is 11.4 Å². The molecule has 1 aliphatic rings. The maximum Gasteiger partial charge on any atom is 0.220 e. The zero-order chi connectivity index (χ0) is 21.0. The Kier molecular flexibility index (Phi) is 4.39. The van der Waals surface area contributed by atoms with E-state index in [1.54, 1.807) is 6.20 Å². The maximum absolute atomic E-state index is 14.4. The van der Waals surface area contributed by atoms with Crippen LogP contribution >= 0.6 is 0 Å². The minimum atomic E-state index is -0.611. The van der Waals surface area contributed by atoms with E-state index >= 15 is 0 Å². The van der Waals surface area contributed by atoms with Crippen molar-refractivity contribution in [2.45, 2.75) is 32.9 Å². The van der Waals surface area contributed by atoms with Crippen molar-refractivity contribution < 1.29 is 8.78 Å². The molecule has 0 aliphatic carbocycles. The zero-order valence-corrected chi connectivity index (χ0v) is 17.0. The Hall–Kier alpha value is -3.13. The predicted molar refractivity (Wildman–Crippen MR) is 113 cm³/mol. The van der Waals surface area contributed by atoms with E-state index in [2.05, 4.69) is 45.1 Å². The Balaban J connectivity index is 1.53.